The molecule has 1 unspecified atom stereocenters. The molecule has 0 rings (SSSR count). The van der Waals surface area contributed by atoms with Crippen molar-refractivity contribution in [3.8, 4) is 0 Å². The molecule has 0 heterocycles. The topological polar surface area (TPSA) is 3.24 Å². The molecular weight excluding hydrogens is 652 g/mol. The quantitative estimate of drug-likeness (QED) is 0.123. The van der Waals surface area contributed by atoms with Crippen LogP contribution in [0.3, 0.4) is 0 Å². The average molecular weight is 653 g/mol. The number of halogens is 26. The van der Waals surface area contributed by atoms with Crippen molar-refractivity contribution in [3.63, 3.8) is 0 Å². The molecular formula is C12HF26N. The van der Waals surface area contributed by atoms with Gasteiger partial charge in [0.05, 0.1) is 5.34 Å². The zero-order valence-corrected chi connectivity index (χ0v) is 16.4. The van der Waals surface area contributed by atoms with E-state index in [-0.39, 0.29) is 0 Å². The van der Waals surface area contributed by atoms with Crippen LogP contribution in [0.4, 0.5) is 114 Å². The van der Waals surface area contributed by atoms with E-state index in [9.17, 15) is 114 Å². The van der Waals surface area contributed by atoms with Gasteiger partial charge in [0.25, 0.3) is 6.30 Å². The SMILES string of the molecule is FC(N(F)F)C(F)(F)C(F)(F)C(F)(F)C(F)(F)C(F)(F)C(F)(F)C(F)(F)C(F)(F)C(F)(F)C(F)(F)C(F)(F)F. The van der Waals surface area contributed by atoms with Gasteiger partial charge in [0.1, 0.15) is 0 Å². The van der Waals surface area contributed by atoms with Gasteiger partial charge in [-0.3, -0.25) is 0 Å². The lowest BCUT2D eigenvalue weighted by molar-refractivity contribution is -0.481. The van der Waals surface area contributed by atoms with E-state index < -0.39 is 77.0 Å². The molecule has 0 N–H and O–H groups in total. The van der Waals surface area contributed by atoms with Crippen molar-refractivity contribution < 1.29 is 114 Å². The Morgan fingerprint density at radius 2 is 0.487 bits per heavy atom. The van der Waals surface area contributed by atoms with Crippen LogP contribution in [0.2, 0.25) is 0 Å². The van der Waals surface area contributed by atoms with Crippen LogP contribution < -0.4 is 0 Å². The largest absolute Gasteiger partial charge is 0.460 e. The molecule has 1 atom stereocenters. The van der Waals surface area contributed by atoms with Gasteiger partial charge in [-0.2, -0.15) is 101 Å². The maximum atomic E-state index is 13.4. The highest BCUT2D eigenvalue weighted by molar-refractivity contribution is 5.19. The fraction of sp³-hybridized carbons (Fsp3) is 1.00. The van der Waals surface area contributed by atoms with E-state index in [1.54, 1.807) is 0 Å². The summed E-state index contributed by atoms with van der Waals surface area (Å²) in [7, 11) is 0. The number of nitrogens with zero attached hydrogens (tertiary/aromatic N) is 1. The zero-order valence-electron chi connectivity index (χ0n) is 16.4. The number of alkyl halides is 24. The Kier molecular flexibility index (Phi) is 8.64. The van der Waals surface area contributed by atoms with Gasteiger partial charge in [-0.1, -0.05) is 8.96 Å². The number of hydrogen-bond donors (Lipinski definition) is 0. The normalized spacial score (nSPS) is 17.6. The first kappa shape index (κ1) is 37.1. The smallest absolute Gasteiger partial charge is 0.217 e. The molecule has 0 amide bonds. The van der Waals surface area contributed by atoms with Crippen molar-refractivity contribution in [2.24, 2.45) is 0 Å². The summed E-state index contributed by atoms with van der Waals surface area (Å²) >= 11 is 0. The van der Waals surface area contributed by atoms with Crippen LogP contribution >= 0.6 is 0 Å². The van der Waals surface area contributed by atoms with E-state index in [2.05, 4.69) is 0 Å². The second kappa shape index (κ2) is 9.07. The van der Waals surface area contributed by atoms with Crippen LogP contribution in [0.25, 0.3) is 0 Å². The van der Waals surface area contributed by atoms with Gasteiger partial charge in [0, 0.05) is 0 Å². The predicted molar refractivity (Wildman–Crippen MR) is 64.5 cm³/mol. The van der Waals surface area contributed by atoms with E-state index in [0.717, 1.165) is 0 Å². The van der Waals surface area contributed by atoms with Crippen molar-refractivity contribution >= 4 is 0 Å². The third-order valence-corrected chi connectivity index (χ3v) is 4.40. The first-order valence-corrected chi connectivity index (χ1v) is 7.95. The lowest BCUT2D eigenvalue weighted by Gasteiger charge is -2.45. The van der Waals surface area contributed by atoms with E-state index in [4.69, 9.17) is 0 Å². The Morgan fingerprint density at radius 1 is 0.308 bits per heavy atom. The Labute approximate surface area is 193 Å². The molecule has 0 aromatic heterocycles. The molecule has 39 heavy (non-hydrogen) atoms. The maximum absolute atomic E-state index is 13.4. The van der Waals surface area contributed by atoms with Crippen LogP contribution in [-0.4, -0.2) is 77.0 Å². The molecule has 0 bridgehead atoms. The third-order valence-electron chi connectivity index (χ3n) is 4.40. The van der Waals surface area contributed by atoms with Crippen molar-refractivity contribution in [1.29, 1.82) is 0 Å². The van der Waals surface area contributed by atoms with E-state index in [1.807, 2.05) is 0 Å². The zero-order chi connectivity index (χ0) is 32.7. The van der Waals surface area contributed by atoms with Gasteiger partial charge < -0.3 is 0 Å². The van der Waals surface area contributed by atoms with Crippen LogP contribution in [0.15, 0.2) is 0 Å². The van der Waals surface area contributed by atoms with Gasteiger partial charge in [0.15, 0.2) is 0 Å². The van der Waals surface area contributed by atoms with Crippen molar-refractivity contribution in [1.82, 2.24) is 5.34 Å². The third kappa shape index (κ3) is 4.37. The monoisotopic (exact) mass is 653 g/mol. The molecule has 27 heteroatoms. The maximum Gasteiger partial charge on any atom is 0.460 e. The summed E-state index contributed by atoms with van der Waals surface area (Å²) in [5.41, 5.74) is 0. The second-order valence-corrected chi connectivity index (χ2v) is 6.89. The Morgan fingerprint density at radius 3 is 0.667 bits per heavy atom. The van der Waals surface area contributed by atoms with Gasteiger partial charge in [-0.05, 0) is 0 Å². The highest BCUT2D eigenvalue weighted by Gasteiger charge is 2.99. The molecule has 0 aromatic rings. The molecule has 0 aliphatic rings. The lowest BCUT2D eigenvalue weighted by Crippen LogP contribution is -2.78. The lowest BCUT2D eigenvalue weighted by atomic mass is 9.85. The van der Waals surface area contributed by atoms with Crippen molar-refractivity contribution in [2.45, 2.75) is 71.7 Å². The van der Waals surface area contributed by atoms with Gasteiger partial charge in [-0.25, -0.2) is 4.39 Å². The molecule has 1 nitrogen and oxygen atoms in total. The summed E-state index contributed by atoms with van der Waals surface area (Å²) in [6, 6.07) is 0. The van der Waals surface area contributed by atoms with E-state index in [0.29, 0.717) is 0 Å². The number of hydrogen-bond acceptors (Lipinski definition) is 1. The van der Waals surface area contributed by atoms with E-state index >= 15 is 0 Å². The Bertz CT molecular complexity index is 878. The average Bonchev–Trinajstić information content (AvgIpc) is 2.70. The highest BCUT2D eigenvalue weighted by atomic mass is 19.4. The van der Waals surface area contributed by atoms with Crippen LogP contribution in [0, 0.1) is 0 Å². The van der Waals surface area contributed by atoms with Crippen LogP contribution in [-0.2, 0) is 0 Å². The summed E-state index contributed by atoms with van der Waals surface area (Å²) in [5, 5.41) is -3.87. The molecule has 0 aliphatic heterocycles. The minimum atomic E-state index is -9.62. The fourth-order valence-electron chi connectivity index (χ4n) is 2.04. The van der Waals surface area contributed by atoms with E-state index in [1.165, 1.54) is 0 Å². The van der Waals surface area contributed by atoms with Crippen LogP contribution in [0.1, 0.15) is 0 Å². The summed E-state index contributed by atoms with van der Waals surface area (Å²) < 4.78 is 335. The first-order chi connectivity index (χ1) is 16.4. The number of rotatable bonds is 11. The van der Waals surface area contributed by atoms with Crippen molar-refractivity contribution in [2.75, 3.05) is 0 Å². The fourth-order valence-corrected chi connectivity index (χ4v) is 2.04. The molecule has 0 saturated heterocycles. The first-order valence-electron chi connectivity index (χ1n) is 7.95. The van der Waals surface area contributed by atoms with Gasteiger partial charge in [-0.15, -0.1) is 0 Å². The van der Waals surface area contributed by atoms with Crippen LogP contribution in [0.5, 0.6) is 0 Å². The Hall–Kier alpha value is -1.86. The predicted octanol–water partition coefficient (Wildman–Crippen LogP) is 8.27. The van der Waals surface area contributed by atoms with Gasteiger partial charge in [0.2, 0.25) is 0 Å². The minimum absolute atomic E-state index is 3.87. The molecule has 0 fully saturated rings. The van der Waals surface area contributed by atoms with Crippen molar-refractivity contribution in [3.05, 3.63) is 0 Å². The molecule has 236 valence electrons. The molecule has 0 spiro atoms. The summed E-state index contributed by atoms with van der Waals surface area (Å²) in [6.07, 6.45) is -14.4. The summed E-state index contributed by atoms with van der Waals surface area (Å²) in [5.74, 6) is -91.6. The minimum Gasteiger partial charge on any atom is -0.217 e. The van der Waals surface area contributed by atoms with Gasteiger partial charge >= 0.3 is 65.4 Å². The summed E-state index contributed by atoms with van der Waals surface area (Å²) in [6.45, 7) is 0. The molecule has 0 saturated carbocycles. The second-order valence-electron chi connectivity index (χ2n) is 6.89. The summed E-state index contributed by atoms with van der Waals surface area (Å²) in [4.78, 5) is 0. The molecule has 0 aliphatic carbocycles. The highest BCUT2D eigenvalue weighted by Crippen LogP contribution is 2.67. The molecule has 0 aromatic carbocycles. The Balaban J connectivity index is 7.26. The standard InChI is InChI=1S/C12HF26N/c13-1(39(37)38)2(14,15)3(16,17)4(18,19)5(20,21)6(22,23)7(24,25)8(26,27)9(28,29)10(30,31)11(32,33)12(34,35)36/h1H. The molecule has 0 radical (unpaired) electrons.